The van der Waals surface area contributed by atoms with Crippen LogP contribution in [0.3, 0.4) is 0 Å². The second kappa shape index (κ2) is 13.6. The molecule has 1 aromatic carbocycles. The molecule has 158 valence electrons. The maximum atomic E-state index is 10.8. The summed E-state index contributed by atoms with van der Waals surface area (Å²) in [6.07, 6.45) is 4.81. The number of rotatable bonds is 9. The van der Waals surface area contributed by atoms with Gasteiger partial charge in [0, 0.05) is 32.7 Å². The molecule has 0 bridgehead atoms. The van der Waals surface area contributed by atoms with Gasteiger partial charge in [0.15, 0.2) is 12.6 Å². The van der Waals surface area contributed by atoms with Gasteiger partial charge in [-0.05, 0) is 43.5 Å². The number of carbonyl (C=O) groups is 1. The van der Waals surface area contributed by atoms with Crippen molar-refractivity contribution < 1.29 is 9.53 Å². The smallest absolute Gasteiger partial charge is 0.255 e. The number of hydrogen-bond donors (Lipinski definition) is 3. The van der Waals surface area contributed by atoms with E-state index in [9.17, 15) is 4.79 Å². The van der Waals surface area contributed by atoms with Crippen LogP contribution in [0.15, 0.2) is 29.3 Å². The molecule has 2 rings (SSSR count). The van der Waals surface area contributed by atoms with E-state index in [1.165, 1.54) is 19.4 Å². The predicted molar refractivity (Wildman–Crippen MR) is 124 cm³/mol. The molecule has 0 spiro atoms. The summed E-state index contributed by atoms with van der Waals surface area (Å²) >= 11 is 0. The van der Waals surface area contributed by atoms with Gasteiger partial charge in [-0.3, -0.25) is 9.79 Å². The topological polar surface area (TPSA) is 92.0 Å². The number of aliphatic imine (C=N–C) groups is 1. The first kappa shape index (κ1) is 24.5. The Morgan fingerprint density at radius 2 is 2.11 bits per heavy atom. The van der Waals surface area contributed by atoms with Crippen molar-refractivity contribution in [3.8, 4) is 5.75 Å². The van der Waals surface area contributed by atoms with E-state index >= 15 is 0 Å². The number of nitrogens with two attached hydrogens (primary N) is 1. The number of likely N-dealkylation sites (tertiary alicyclic amines) is 1. The third kappa shape index (κ3) is 9.09. The van der Waals surface area contributed by atoms with Crippen LogP contribution in [0.1, 0.15) is 38.2 Å². The molecule has 0 radical (unpaired) electrons. The molecule has 0 atom stereocenters. The Morgan fingerprint density at radius 3 is 2.75 bits per heavy atom. The van der Waals surface area contributed by atoms with Crippen LogP contribution < -0.4 is 21.1 Å². The van der Waals surface area contributed by atoms with Crippen molar-refractivity contribution in [1.29, 1.82) is 0 Å². The van der Waals surface area contributed by atoms with Gasteiger partial charge in [0.05, 0.1) is 0 Å². The molecule has 1 fully saturated rings. The molecule has 0 aromatic heterocycles. The molecule has 1 saturated heterocycles. The van der Waals surface area contributed by atoms with Gasteiger partial charge in [-0.25, -0.2) is 0 Å². The van der Waals surface area contributed by atoms with Crippen molar-refractivity contribution in [3.05, 3.63) is 29.8 Å². The van der Waals surface area contributed by atoms with E-state index in [1.54, 1.807) is 7.05 Å². The Labute approximate surface area is 185 Å². The van der Waals surface area contributed by atoms with E-state index in [0.29, 0.717) is 18.3 Å². The number of unbranched alkanes of at least 4 members (excludes halogenated alkanes) is 1. The first-order valence-electron chi connectivity index (χ1n) is 9.80. The fourth-order valence-corrected chi connectivity index (χ4v) is 3.16. The molecular weight excluding hydrogens is 469 g/mol. The number of amides is 1. The summed E-state index contributed by atoms with van der Waals surface area (Å²) in [5.41, 5.74) is 6.16. The molecule has 28 heavy (non-hydrogen) atoms. The van der Waals surface area contributed by atoms with E-state index in [-0.39, 0.29) is 30.6 Å². The average molecular weight is 503 g/mol. The highest BCUT2D eigenvalue weighted by molar-refractivity contribution is 14.0. The van der Waals surface area contributed by atoms with Crippen LogP contribution >= 0.6 is 24.0 Å². The maximum absolute atomic E-state index is 10.8. The van der Waals surface area contributed by atoms with Crippen LogP contribution in [0.2, 0.25) is 0 Å². The molecule has 4 N–H and O–H groups in total. The van der Waals surface area contributed by atoms with Gasteiger partial charge in [-0.2, -0.15) is 0 Å². The SMILES string of the molecule is CCCCN1CCC(NC(=NC)NCc2cccc(OCC(N)=O)c2)CC1.I. The summed E-state index contributed by atoms with van der Waals surface area (Å²) in [5.74, 6) is 0.963. The standard InChI is InChI=1S/C20H33N5O2.HI/c1-3-4-10-25-11-8-17(9-12-25)24-20(22-2)23-14-16-6-5-7-18(13-16)27-15-19(21)26;/h5-7,13,17H,3-4,8-12,14-15H2,1-2H3,(H2,21,26)(H2,22,23,24);1H. The van der Waals surface area contributed by atoms with Crippen LogP contribution in [0.4, 0.5) is 0 Å². The number of guanidine groups is 1. The Morgan fingerprint density at radius 1 is 1.36 bits per heavy atom. The van der Waals surface area contributed by atoms with E-state index in [0.717, 1.165) is 37.5 Å². The lowest BCUT2D eigenvalue weighted by Crippen LogP contribution is -2.48. The number of ether oxygens (including phenoxy) is 1. The Hall–Kier alpha value is -1.55. The molecule has 0 aliphatic carbocycles. The molecule has 8 heteroatoms. The molecule has 7 nitrogen and oxygen atoms in total. The normalized spacial score (nSPS) is 15.6. The molecule has 0 saturated carbocycles. The monoisotopic (exact) mass is 503 g/mol. The number of piperidine rings is 1. The minimum atomic E-state index is -0.483. The van der Waals surface area contributed by atoms with Crippen molar-refractivity contribution >= 4 is 35.8 Å². The number of benzene rings is 1. The minimum Gasteiger partial charge on any atom is -0.484 e. The molecule has 1 aromatic rings. The van der Waals surface area contributed by atoms with Crippen LogP contribution in [0.5, 0.6) is 5.75 Å². The summed E-state index contributed by atoms with van der Waals surface area (Å²) in [4.78, 5) is 17.7. The molecule has 0 unspecified atom stereocenters. The number of hydrogen-bond acceptors (Lipinski definition) is 4. The molecule has 1 aliphatic rings. The lowest BCUT2D eigenvalue weighted by molar-refractivity contribution is -0.119. The maximum Gasteiger partial charge on any atom is 0.255 e. The lowest BCUT2D eigenvalue weighted by Gasteiger charge is -2.33. The molecule has 1 heterocycles. The number of carbonyl (C=O) groups excluding carboxylic acids is 1. The second-order valence-electron chi connectivity index (χ2n) is 6.94. The minimum absolute atomic E-state index is 0. The van der Waals surface area contributed by atoms with Gasteiger partial charge in [0.2, 0.25) is 0 Å². The van der Waals surface area contributed by atoms with Crippen molar-refractivity contribution in [2.75, 3.05) is 33.3 Å². The van der Waals surface area contributed by atoms with Crippen molar-refractivity contribution in [1.82, 2.24) is 15.5 Å². The third-order valence-electron chi connectivity index (χ3n) is 4.72. The van der Waals surface area contributed by atoms with Gasteiger partial charge in [-0.1, -0.05) is 25.5 Å². The summed E-state index contributed by atoms with van der Waals surface area (Å²) in [5, 5.41) is 6.88. The Balaban J connectivity index is 0.00000392. The summed E-state index contributed by atoms with van der Waals surface area (Å²) in [7, 11) is 1.79. The molecule has 1 aliphatic heterocycles. The van der Waals surface area contributed by atoms with Gasteiger partial charge in [-0.15, -0.1) is 24.0 Å². The Kier molecular flexibility index (Phi) is 11.9. The van der Waals surface area contributed by atoms with Crippen molar-refractivity contribution in [2.45, 2.75) is 45.2 Å². The highest BCUT2D eigenvalue weighted by Gasteiger charge is 2.19. The first-order valence-corrected chi connectivity index (χ1v) is 9.80. The molecular formula is C20H34IN5O2. The van der Waals surface area contributed by atoms with E-state index < -0.39 is 5.91 Å². The van der Waals surface area contributed by atoms with Crippen molar-refractivity contribution in [2.24, 2.45) is 10.7 Å². The Bertz CT molecular complexity index is 618. The summed E-state index contributed by atoms with van der Waals surface area (Å²) in [6, 6.07) is 8.07. The van der Waals surface area contributed by atoms with Gasteiger partial charge in [0.1, 0.15) is 5.75 Å². The average Bonchev–Trinajstić information content (AvgIpc) is 2.69. The van der Waals surface area contributed by atoms with Gasteiger partial charge >= 0.3 is 0 Å². The zero-order valence-corrected chi connectivity index (χ0v) is 19.3. The predicted octanol–water partition coefficient (Wildman–Crippen LogP) is 2.10. The zero-order chi connectivity index (χ0) is 19.5. The highest BCUT2D eigenvalue weighted by Crippen LogP contribution is 2.13. The fraction of sp³-hybridized carbons (Fsp3) is 0.600. The second-order valence-corrected chi connectivity index (χ2v) is 6.94. The number of nitrogens with zero attached hydrogens (tertiary/aromatic N) is 2. The highest BCUT2D eigenvalue weighted by atomic mass is 127. The van der Waals surface area contributed by atoms with E-state index in [2.05, 4.69) is 27.4 Å². The van der Waals surface area contributed by atoms with Gasteiger partial charge in [0.25, 0.3) is 5.91 Å². The lowest BCUT2D eigenvalue weighted by atomic mass is 10.0. The van der Waals surface area contributed by atoms with Crippen LogP contribution in [0.25, 0.3) is 0 Å². The number of nitrogens with one attached hydrogen (secondary N) is 2. The van der Waals surface area contributed by atoms with Crippen LogP contribution in [-0.2, 0) is 11.3 Å². The largest absolute Gasteiger partial charge is 0.484 e. The summed E-state index contributed by atoms with van der Waals surface area (Å²) < 4.78 is 5.35. The van der Waals surface area contributed by atoms with Gasteiger partial charge < -0.3 is 26.0 Å². The molecule has 1 amide bonds. The first-order chi connectivity index (χ1) is 13.1. The van der Waals surface area contributed by atoms with E-state index in [1.807, 2.05) is 24.3 Å². The number of halogens is 1. The number of primary amides is 1. The quantitative estimate of drug-likeness (QED) is 0.273. The van der Waals surface area contributed by atoms with Crippen molar-refractivity contribution in [3.63, 3.8) is 0 Å². The summed E-state index contributed by atoms with van der Waals surface area (Å²) in [6.45, 7) is 6.26. The fourth-order valence-electron chi connectivity index (χ4n) is 3.16. The van der Waals surface area contributed by atoms with Crippen LogP contribution in [-0.4, -0.2) is 56.1 Å². The van der Waals surface area contributed by atoms with Crippen LogP contribution in [0, 0.1) is 0 Å². The third-order valence-corrected chi connectivity index (χ3v) is 4.72. The zero-order valence-electron chi connectivity index (χ0n) is 16.9. The van der Waals surface area contributed by atoms with E-state index in [4.69, 9.17) is 10.5 Å².